The molecule has 0 aliphatic carbocycles. The van der Waals surface area contributed by atoms with E-state index in [-0.39, 0.29) is 11.7 Å². The van der Waals surface area contributed by atoms with Crippen molar-refractivity contribution in [2.75, 3.05) is 26.2 Å². The maximum atomic E-state index is 15.0. The second kappa shape index (κ2) is 10.2. The standard InChI is InChI=1S/C25H31F2NO3/c1-3-25(27,4-2)17-28-14-12-18(13-15-28)16-31-23-20(19-8-6-5-7-9-19)10-11-21(22(23)26)24(29)30/h5-11,18H,3-4,12-17H2,1-2H3,(H,29,30). The van der Waals surface area contributed by atoms with Crippen LogP contribution in [0.4, 0.5) is 8.78 Å². The number of hydrogen-bond acceptors (Lipinski definition) is 3. The fraction of sp³-hybridized carbons (Fsp3) is 0.480. The molecule has 0 spiro atoms. The second-order valence-electron chi connectivity index (χ2n) is 8.36. The van der Waals surface area contributed by atoms with E-state index in [0.717, 1.165) is 31.5 Å². The van der Waals surface area contributed by atoms with Crippen LogP contribution < -0.4 is 4.74 Å². The lowest BCUT2D eigenvalue weighted by molar-refractivity contribution is 0.0564. The average molecular weight is 432 g/mol. The lowest BCUT2D eigenvalue weighted by atomic mass is 9.94. The third-order valence-electron chi connectivity index (χ3n) is 6.36. The number of likely N-dealkylation sites (tertiary alicyclic amines) is 1. The Hall–Kier alpha value is -2.47. The van der Waals surface area contributed by atoms with Crippen molar-refractivity contribution in [3.05, 3.63) is 53.8 Å². The first-order valence-corrected chi connectivity index (χ1v) is 11.0. The van der Waals surface area contributed by atoms with E-state index in [1.54, 1.807) is 6.07 Å². The number of rotatable bonds is 9. The number of hydrogen-bond donors (Lipinski definition) is 1. The average Bonchev–Trinajstić information content (AvgIpc) is 2.79. The summed E-state index contributed by atoms with van der Waals surface area (Å²) in [5.41, 5.74) is -0.243. The van der Waals surface area contributed by atoms with E-state index in [0.29, 0.717) is 31.6 Å². The Morgan fingerprint density at radius 2 is 1.77 bits per heavy atom. The summed E-state index contributed by atoms with van der Waals surface area (Å²) in [5.74, 6) is -1.98. The van der Waals surface area contributed by atoms with Gasteiger partial charge in [-0.1, -0.05) is 44.2 Å². The van der Waals surface area contributed by atoms with Gasteiger partial charge in [0.1, 0.15) is 5.67 Å². The molecule has 0 radical (unpaired) electrons. The number of benzene rings is 2. The molecular weight excluding hydrogens is 400 g/mol. The number of halogens is 2. The SMILES string of the molecule is CCC(F)(CC)CN1CCC(COc2c(-c3ccccc3)ccc(C(=O)O)c2F)CC1. The molecule has 2 aromatic carbocycles. The number of ether oxygens (including phenoxy) is 1. The quantitative estimate of drug-likeness (QED) is 0.544. The molecule has 31 heavy (non-hydrogen) atoms. The Kier molecular flexibility index (Phi) is 7.65. The largest absolute Gasteiger partial charge is 0.490 e. The van der Waals surface area contributed by atoms with Crippen LogP contribution in [0.25, 0.3) is 11.1 Å². The van der Waals surface area contributed by atoms with Crippen molar-refractivity contribution < 1.29 is 23.4 Å². The molecule has 0 saturated carbocycles. The van der Waals surface area contributed by atoms with Gasteiger partial charge in [-0.05, 0) is 62.4 Å². The summed E-state index contributed by atoms with van der Waals surface area (Å²) in [7, 11) is 0. The number of carboxylic acid groups (broad SMARTS) is 1. The molecule has 3 rings (SSSR count). The predicted octanol–water partition coefficient (Wildman–Crippen LogP) is 5.81. The first-order chi connectivity index (χ1) is 14.9. The molecule has 2 aromatic rings. The van der Waals surface area contributed by atoms with E-state index in [4.69, 9.17) is 4.74 Å². The molecule has 0 amide bonds. The van der Waals surface area contributed by atoms with Gasteiger partial charge in [-0.2, -0.15) is 0 Å². The molecule has 1 heterocycles. The molecule has 0 atom stereocenters. The molecule has 1 saturated heterocycles. The highest BCUT2D eigenvalue weighted by molar-refractivity contribution is 5.90. The fourth-order valence-electron chi connectivity index (χ4n) is 4.09. The number of piperidine rings is 1. The van der Waals surface area contributed by atoms with Gasteiger partial charge in [-0.25, -0.2) is 13.6 Å². The second-order valence-corrected chi connectivity index (χ2v) is 8.36. The molecule has 0 aromatic heterocycles. The van der Waals surface area contributed by atoms with Crippen LogP contribution in [0, 0.1) is 11.7 Å². The number of alkyl halides is 1. The van der Waals surface area contributed by atoms with Crippen molar-refractivity contribution in [2.45, 2.75) is 45.2 Å². The lowest BCUT2D eigenvalue weighted by Gasteiger charge is -2.36. The summed E-state index contributed by atoms with van der Waals surface area (Å²) in [6.45, 7) is 6.07. The summed E-state index contributed by atoms with van der Waals surface area (Å²) in [4.78, 5) is 13.6. The van der Waals surface area contributed by atoms with Gasteiger partial charge in [-0.3, -0.25) is 0 Å². The van der Waals surface area contributed by atoms with Crippen LogP contribution >= 0.6 is 0 Å². The lowest BCUT2D eigenvalue weighted by Crippen LogP contribution is -2.44. The van der Waals surface area contributed by atoms with Crippen LogP contribution in [0.1, 0.15) is 49.9 Å². The molecule has 0 unspecified atom stereocenters. The molecule has 168 valence electrons. The predicted molar refractivity (Wildman–Crippen MR) is 118 cm³/mol. The Bertz CT molecular complexity index is 876. The molecule has 1 fully saturated rings. The van der Waals surface area contributed by atoms with Crippen LogP contribution in [-0.4, -0.2) is 47.9 Å². The smallest absolute Gasteiger partial charge is 0.338 e. The van der Waals surface area contributed by atoms with Crippen LogP contribution in [0.15, 0.2) is 42.5 Å². The molecule has 6 heteroatoms. The van der Waals surface area contributed by atoms with Gasteiger partial charge in [0.2, 0.25) is 0 Å². The van der Waals surface area contributed by atoms with Gasteiger partial charge >= 0.3 is 5.97 Å². The Morgan fingerprint density at radius 1 is 1.13 bits per heavy atom. The normalized spacial score (nSPS) is 15.7. The van der Waals surface area contributed by atoms with Crippen molar-refractivity contribution in [1.82, 2.24) is 4.90 Å². The molecule has 1 N–H and O–H groups in total. The van der Waals surface area contributed by atoms with Crippen molar-refractivity contribution in [3.8, 4) is 16.9 Å². The molecule has 4 nitrogen and oxygen atoms in total. The van der Waals surface area contributed by atoms with Gasteiger partial charge in [0, 0.05) is 12.1 Å². The Morgan fingerprint density at radius 3 is 2.35 bits per heavy atom. The van der Waals surface area contributed by atoms with Crippen molar-refractivity contribution in [1.29, 1.82) is 0 Å². The number of carbonyl (C=O) groups is 1. The first kappa shape index (κ1) is 23.2. The molecule has 0 bridgehead atoms. The highest BCUT2D eigenvalue weighted by atomic mass is 19.1. The van der Waals surface area contributed by atoms with Crippen LogP contribution in [-0.2, 0) is 0 Å². The van der Waals surface area contributed by atoms with E-state index in [1.807, 2.05) is 44.2 Å². The summed E-state index contributed by atoms with van der Waals surface area (Å²) >= 11 is 0. The summed E-state index contributed by atoms with van der Waals surface area (Å²) in [5, 5.41) is 9.30. The zero-order valence-corrected chi connectivity index (χ0v) is 18.2. The fourth-order valence-corrected chi connectivity index (χ4v) is 4.09. The van der Waals surface area contributed by atoms with Crippen LogP contribution in [0.3, 0.4) is 0 Å². The molecule has 1 aliphatic rings. The van der Waals surface area contributed by atoms with Gasteiger partial charge < -0.3 is 14.7 Å². The maximum Gasteiger partial charge on any atom is 0.338 e. The third kappa shape index (κ3) is 5.62. The Balaban J connectivity index is 1.69. The number of nitrogens with zero attached hydrogens (tertiary/aromatic N) is 1. The van der Waals surface area contributed by atoms with Crippen LogP contribution in [0.5, 0.6) is 5.75 Å². The van der Waals surface area contributed by atoms with Gasteiger partial charge in [0.15, 0.2) is 11.6 Å². The van der Waals surface area contributed by atoms with E-state index in [9.17, 15) is 18.7 Å². The molecular formula is C25H31F2NO3. The minimum Gasteiger partial charge on any atom is -0.490 e. The van der Waals surface area contributed by atoms with Gasteiger partial charge in [0.05, 0.1) is 12.2 Å². The first-order valence-electron chi connectivity index (χ1n) is 11.0. The highest BCUT2D eigenvalue weighted by Crippen LogP contribution is 2.35. The molecule has 1 aliphatic heterocycles. The summed E-state index contributed by atoms with van der Waals surface area (Å²) in [6.07, 6.45) is 2.69. The number of aromatic carboxylic acids is 1. The zero-order chi connectivity index (χ0) is 22.4. The monoisotopic (exact) mass is 431 g/mol. The third-order valence-corrected chi connectivity index (χ3v) is 6.36. The van der Waals surface area contributed by atoms with E-state index >= 15 is 0 Å². The topological polar surface area (TPSA) is 49.8 Å². The van der Waals surface area contributed by atoms with Crippen molar-refractivity contribution >= 4 is 5.97 Å². The van der Waals surface area contributed by atoms with Crippen molar-refractivity contribution in [2.24, 2.45) is 5.92 Å². The minimum absolute atomic E-state index is 0.0201. The number of carboxylic acids is 1. The van der Waals surface area contributed by atoms with E-state index in [1.165, 1.54) is 6.07 Å². The van der Waals surface area contributed by atoms with Gasteiger partial charge in [0.25, 0.3) is 0 Å². The summed E-state index contributed by atoms with van der Waals surface area (Å²) in [6, 6.07) is 12.1. The zero-order valence-electron chi connectivity index (χ0n) is 18.2. The maximum absolute atomic E-state index is 15.0. The minimum atomic E-state index is -1.32. The highest BCUT2D eigenvalue weighted by Gasteiger charge is 2.30. The Labute approximate surface area is 182 Å². The van der Waals surface area contributed by atoms with Crippen molar-refractivity contribution in [3.63, 3.8) is 0 Å². The summed E-state index contributed by atoms with van der Waals surface area (Å²) < 4.78 is 35.6. The van der Waals surface area contributed by atoms with E-state index in [2.05, 4.69) is 4.90 Å². The van der Waals surface area contributed by atoms with Crippen LogP contribution in [0.2, 0.25) is 0 Å². The van der Waals surface area contributed by atoms with E-state index < -0.39 is 23.0 Å². The van der Waals surface area contributed by atoms with Gasteiger partial charge in [-0.15, -0.1) is 0 Å².